The Labute approximate surface area is 292 Å². The Hall–Kier alpha value is 0.170. The van der Waals surface area contributed by atoms with Crippen LogP contribution in [0.4, 0.5) is 0 Å². The van der Waals surface area contributed by atoms with Gasteiger partial charge in [0.25, 0.3) is 0 Å². The van der Waals surface area contributed by atoms with Gasteiger partial charge in [-0.15, -0.1) is 12.4 Å². The molecule has 1 aliphatic rings. The predicted molar refractivity (Wildman–Crippen MR) is 209 cm³/mol. The van der Waals surface area contributed by atoms with E-state index in [4.69, 9.17) is 0 Å². The summed E-state index contributed by atoms with van der Waals surface area (Å²) < 4.78 is 0. The van der Waals surface area contributed by atoms with Gasteiger partial charge < -0.3 is 11.5 Å². The lowest BCUT2D eigenvalue weighted by molar-refractivity contribution is 0.0647. The van der Waals surface area contributed by atoms with E-state index in [1.165, 1.54) is 238 Å². The van der Waals surface area contributed by atoms with Crippen molar-refractivity contribution in [1.82, 2.24) is 16.4 Å². The molecule has 0 spiro atoms. The highest BCUT2D eigenvalue weighted by molar-refractivity contribution is 5.85. The number of nitrogens with one attached hydrogen (secondary N) is 1. The number of halogens is 1. The first kappa shape index (κ1) is 47.3. The lowest BCUT2D eigenvalue weighted by Crippen LogP contribution is -2.59. The van der Waals surface area contributed by atoms with Crippen LogP contribution in [-0.2, 0) is 0 Å². The summed E-state index contributed by atoms with van der Waals surface area (Å²) in [4.78, 5) is 2.74. The first-order chi connectivity index (χ1) is 21.2. The van der Waals surface area contributed by atoms with Crippen molar-refractivity contribution in [3.8, 4) is 0 Å². The minimum Gasteiger partial charge on any atom is -0.344 e. The molecule has 45 heavy (non-hydrogen) atoms. The molecule has 0 amide bonds. The van der Waals surface area contributed by atoms with Crippen LogP contribution in [0, 0.1) is 0 Å². The molecule has 274 valence electrons. The average molecular weight is 659 g/mol. The van der Waals surface area contributed by atoms with Crippen molar-refractivity contribution in [3.05, 3.63) is 0 Å². The molecule has 4 heteroatoms. The standard InChI is InChI=1S/C41H84N2.ClH.H3N/c1-4-6-8-10-12-14-16-18-20-22-24-26-28-30-32-34-36-41(40-42-38-39-43(41)3)37-35-33-31-29-27-25-23-21-19-17-15-13-11-9-7-5-2;;/h42H,4-40H2,1-3H3;1H;1H3. The second-order valence-electron chi connectivity index (χ2n) is 14.9. The molecule has 1 aliphatic heterocycles. The number of hydrogen-bond acceptors (Lipinski definition) is 3. The number of unbranched alkanes of at least 4 members (excludes halogenated alkanes) is 30. The molecule has 1 saturated heterocycles. The van der Waals surface area contributed by atoms with Gasteiger partial charge in [0, 0.05) is 25.2 Å². The number of nitrogens with zero attached hydrogens (tertiary/aromatic N) is 1. The maximum Gasteiger partial charge on any atom is 0.0331 e. The van der Waals surface area contributed by atoms with Crippen molar-refractivity contribution in [2.24, 2.45) is 0 Å². The highest BCUT2D eigenvalue weighted by Crippen LogP contribution is 2.30. The summed E-state index contributed by atoms with van der Waals surface area (Å²) in [6, 6.07) is 0. The number of likely N-dealkylation sites (N-methyl/N-ethyl adjacent to an activating group) is 1. The van der Waals surface area contributed by atoms with Crippen molar-refractivity contribution in [1.29, 1.82) is 0 Å². The first-order valence-electron chi connectivity index (χ1n) is 20.7. The topological polar surface area (TPSA) is 50.3 Å². The van der Waals surface area contributed by atoms with Gasteiger partial charge in [-0.3, -0.25) is 4.90 Å². The molecule has 3 nitrogen and oxygen atoms in total. The van der Waals surface area contributed by atoms with Gasteiger partial charge in [-0.25, -0.2) is 0 Å². The fraction of sp³-hybridized carbons (Fsp3) is 1.00. The van der Waals surface area contributed by atoms with Crippen LogP contribution in [0.3, 0.4) is 0 Å². The number of piperazine rings is 1. The first-order valence-corrected chi connectivity index (χ1v) is 20.7. The van der Waals surface area contributed by atoms with E-state index in [2.05, 4.69) is 31.1 Å². The quantitative estimate of drug-likeness (QED) is 0.0677. The largest absolute Gasteiger partial charge is 0.344 e. The third-order valence-corrected chi connectivity index (χ3v) is 10.9. The van der Waals surface area contributed by atoms with Crippen LogP contribution in [0.15, 0.2) is 0 Å². The molecule has 4 N–H and O–H groups in total. The van der Waals surface area contributed by atoms with Gasteiger partial charge in [0.05, 0.1) is 0 Å². The minimum atomic E-state index is 0. The highest BCUT2D eigenvalue weighted by atomic mass is 35.5. The third kappa shape index (κ3) is 28.9. The molecule has 0 aromatic carbocycles. The summed E-state index contributed by atoms with van der Waals surface area (Å²) in [6.07, 6.45) is 49.6. The zero-order valence-corrected chi connectivity index (χ0v) is 32.5. The van der Waals surface area contributed by atoms with E-state index in [9.17, 15) is 0 Å². The lowest BCUT2D eigenvalue weighted by Gasteiger charge is -2.46. The second-order valence-corrected chi connectivity index (χ2v) is 14.9. The molecular weight excluding hydrogens is 570 g/mol. The van der Waals surface area contributed by atoms with E-state index < -0.39 is 0 Å². The van der Waals surface area contributed by atoms with Gasteiger partial charge in [0.15, 0.2) is 0 Å². The number of hydrogen-bond donors (Lipinski definition) is 2. The van der Waals surface area contributed by atoms with Crippen LogP contribution >= 0.6 is 12.4 Å². The Balaban J connectivity index is 0. The fourth-order valence-electron chi connectivity index (χ4n) is 7.63. The summed E-state index contributed by atoms with van der Waals surface area (Å²) in [5, 5.41) is 3.77. The molecule has 1 fully saturated rings. The second kappa shape index (κ2) is 37.0. The third-order valence-electron chi connectivity index (χ3n) is 10.9. The molecule has 0 aromatic rings. The van der Waals surface area contributed by atoms with Crippen LogP contribution < -0.4 is 11.5 Å². The van der Waals surface area contributed by atoms with Gasteiger partial charge in [0.2, 0.25) is 0 Å². The zero-order chi connectivity index (χ0) is 30.9. The summed E-state index contributed by atoms with van der Waals surface area (Å²) in [6.45, 7) is 8.26. The molecular formula is C41H88ClN3. The Morgan fingerprint density at radius 3 is 0.911 bits per heavy atom. The van der Waals surface area contributed by atoms with E-state index >= 15 is 0 Å². The maximum absolute atomic E-state index is 3.77. The highest BCUT2D eigenvalue weighted by Gasteiger charge is 2.35. The number of rotatable bonds is 34. The van der Waals surface area contributed by atoms with Crippen molar-refractivity contribution in [2.75, 3.05) is 26.7 Å². The van der Waals surface area contributed by atoms with Crippen LogP contribution in [0.2, 0.25) is 0 Å². The zero-order valence-electron chi connectivity index (χ0n) is 31.7. The molecule has 0 aromatic heterocycles. The van der Waals surface area contributed by atoms with Gasteiger partial charge in [-0.2, -0.15) is 0 Å². The Morgan fingerprint density at radius 1 is 0.422 bits per heavy atom. The van der Waals surface area contributed by atoms with E-state index in [1.54, 1.807) is 0 Å². The molecule has 0 aliphatic carbocycles. The average Bonchev–Trinajstić information content (AvgIpc) is 3.02. The minimum absolute atomic E-state index is 0. The molecule has 0 unspecified atom stereocenters. The molecule has 0 saturated carbocycles. The summed E-state index contributed by atoms with van der Waals surface area (Å²) in [5.74, 6) is 0. The van der Waals surface area contributed by atoms with Crippen molar-refractivity contribution >= 4 is 12.4 Å². The van der Waals surface area contributed by atoms with E-state index in [0.717, 1.165) is 0 Å². The van der Waals surface area contributed by atoms with E-state index in [1.807, 2.05) is 0 Å². The normalized spacial score (nSPS) is 14.7. The maximum atomic E-state index is 3.77. The molecule has 0 bridgehead atoms. The smallest absolute Gasteiger partial charge is 0.0331 e. The summed E-state index contributed by atoms with van der Waals surface area (Å²) >= 11 is 0. The molecule has 1 rings (SSSR count). The lowest BCUT2D eigenvalue weighted by atomic mass is 9.83. The van der Waals surface area contributed by atoms with Gasteiger partial charge in [-0.1, -0.05) is 219 Å². The van der Waals surface area contributed by atoms with Crippen LogP contribution in [0.25, 0.3) is 0 Å². The Bertz CT molecular complexity index is 507. The summed E-state index contributed by atoms with van der Waals surface area (Å²) in [7, 11) is 2.42. The van der Waals surface area contributed by atoms with E-state index in [0.29, 0.717) is 5.54 Å². The van der Waals surface area contributed by atoms with Gasteiger partial charge >= 0.3 is 0 Å². The van der Waals surface area contributed by atoms with Crippen molar-refractivity contribution < 1.29 is 0 Å². The predicted octanol–water partition coefficient (Wildman–Crippen LogP) is 14.1. The molecule has 1 heterocycles. The van der Waals surface area contributed by atoms with Gasteiger partial charge in [0.1, 0.15) is 0 Å². The molecule has 0 atom stereocenters. The van der Waals surface area contributed by atoms with Crippen LogP contribution in [0.1, 0.15) is 232 Å². The van der Waals surface area contributed by atoms with Crippen LogP contribution in [0.5, 0.6) is 0 Å². The molecule has 0 radical (unpaired) electrons. The van der Waals surface area contributed by atoms with Crippen molar-refractivity contribution in [3.63, 3.8) is 0 Å². The Morgan fingerprint density at radius 2 is 0.667 bits per heavy atom. The monoisotopic (exact) mass is 658 g/mol. The summed E-state index contributed by atoms with van der Waals surface area (Å²) in [5.41, 5.74) is 0.435. The van der Waals surface area contributed by atoms with E-state index in [-0.39, 0.29) is 18.6 Å². The Kier molecular flexibility index (Phi) is 38.9. The van der Waals surface area contributed by atoms with Gasteiger partial charge in [-0.05, 0) is 19.9 Å². The fourth-order valence-corrected chi connectivity index (χ4v) is 7.63. The van der Waals surface area contributed by atoms with Crippen LogP contribution in [-0.4, -0.2) is 37.1 Å². The SMILES string of the molecule is CCCCCCCCCCCCCCCCCCC1(CCCCCCCCCCCCCCCCCC)CNCCN1C.Cl.N. The van der Waals surface area contributed by atoms with Crippen molar-refractivity contribution in [2.45, 2.75) is 238 Å².